The van der Waals surface area contributed by atoms with Gasteiger partial charge in [-0.1, -0.05) is 42.5 Å². The number of aromatic nitrogens is 1. The molecule has 3 aromatic rings. The lowest BCUT2D eigenvalue weighted by Crippen LogP contribution is -2.24. The number of imide groups is 1. The number of rotatable bonds is 9. The van der Waals surface area contributed by atoms with Gasteiger partial charge in [0.2, 0.25) is 0 Å². The maximum absolute atomic E-state index is 11.7. The molecule has 1 saturated heterocycles. The smallest absolute Gasteiger partial charge is 0.290 e. The maximum atomic E-state index is 11.7. The van der Waals surface area contributed by atoms with Crippen LogP contribution in [0.15, 0.2) is 77.8 Å². The average Bonchev–Trinajstić information content (AvgIpc) is 3.15. The molecule has 0 atom stereocenters. The molecule has 33 heavy (non-hydrogen) atoms. The normalized spacial score (nSPS) is 14.3. The van der Waals surface area contributed by atoms with Gasteiger partial charge in [-0.2, -0.15) is 0 Å². The molecule has 0 radical (unpaired) electrons. The molecule has 7 nitrogen and oxygen atoms in total. The minimum Gasteiger partial charge on any atom is -0.492 e. The van der Waals surface area contributed by atoms with Crippen molar-refractivity contribution in [2.24, 2.45) is 0 Å². The van der Waals surface area contributed by atoms with E-state index in [0.29, 0.717) is 36.2 Å². The molecule has 2 heterocycles. The Hall–Kier alpha value is -3.78. The van der Waals surface area contributed by atoms with Gasteiger partial charge >= 0.3 is 0 Å². The molecular formula is C25H23N3O4S. The summed E-state index contributed by atoms with van der Waals surface area (Å²) in [4.78, 5) is 29.9. The number of hydrogen-bond acceptors (Lipinski definition) is 7. The number of carbonyl (C=O) groups is 2. The SMILES string of the molecule is CN(CCOc1cccc(/C=C2/SC(=O)NC2=O)c1)c1ccc(OCc2ccccc2)cn1. The Morgan fingerprint density at radius 3 is 2.58 bits per heavy atom. The zero-order valence-corrected chi connectivity index (χ0v) is 18.9. The van der Waals surface area contributed by atoms with Crippen LogP contribution < -0.4 is 19.7 Å². The standard InChI is InChI=1S/C25H23N3O4S/c1-28(23-11-10-21(16-26-23)32-17-18-6-3-2-4-7-18)12-13-31-20-9-5-8-19(14-20)15-22-24(29)27-25(30)33-22/h2-11,14-16H,12-13,17H2,1H3,(H,27,29,30)/b22-15+. The highest BCUT2D eigenvalue weighted by atomic mass is 32.2. The van der Waals surface area contributed by atoms with Gasteiger partial charge in [0, 0.05) is 7.05 Å². The molecule has 1 N–H and O–H groups in total. The van der Waals surface area contributed by atoms with Gasteiger partial charge in [0.05, 0.1) is 17.6 Å². The molecule has 168 valence electrons. The Labute approximate surface area is 196 Å². The summed E-state index contributed by atoms with van der Waals surface area (Å²) in [6.45, 7) is 1.59. The molecule has 0 saturated carbocycles. The van der Waals surface area contributed by atoms with Crippen LogP contribution in [0.5, 0.6) is 11.5 Å². The van der Waals surface area contributed by atoms with Crippen molar-refractivity contribution >= 4 is 34.8 Å². The summed E-state index contributed by atoms with van der Waals surface area (Å²) >= 11 is 0.895. The van der Waals surface area contributed by atoms with E-state index in [9.17, 15) is 9.59 Å². The summed E-state index contributed by atoms with van der Waals surface area (Å²) < 4.78 is 11.6. The molecule has 4 rings (SSSR count). The van der Waals surface area contributed by atoms with E-state index in [1.807, 2.05) is 78.7 Å². The Kier molecular flexibility index (Phi) is 7.26. The molecule has 1 fully saturated rings. The Morgan fingerprint density at radius 1 is 1.00 bits per heavy atom. The highest BCUT2D eigenvalue weighted by molar-refractivity contribution is 8.18. The minimum atomic E-state index is -0.373. The van der Waals surface area contributed by atoms with Gasteiger partial charge in [0.1, 0.15) is 30.5 Å². The number of thioether (sulfide) groups is 1. The number of likely N-dealkylation sites (N-methyl/N-ethyl adjacent to an activating group) is 1. The van der Waals surface area contributed by atoms with Crippen molar-refractivity contribution in [2.45, 2.75) is 6.61 Å². The van der Waals surface area contributed by atoms with Gasteiger partial charge in [0.15, 0.2) is 0 Å². The highest BCUT2D eigenvalue weighted by Gasteiger charge is 2.24. The van der Waals surface area contributed by atoms with Crippen molar-refractivity contribution in [3.8, 4) is 11.5 Å². The summed E-state index contributed by atoms with van der Waals surface area (Å²) in [7, 11) is 1.95. The summed E-state index contributed by atoms with van der Waals surface area (Å²) in [5.74, 6) is 1.85. The highest BCUT2D eigenvalue weighted by Crippen LogP contribution is 2.26. The third-order valence-electron chi connectivity index (χ3n) is 4.85. The van der Waals surface area contributed by atoms with Crippen molar-refractivity contribution in [2.75, 3.05) is 25.1 Å². The van der Waals surface area contributed by atoms with Gasteiger partial charge in [-0.3, -0.25) is 14.9 Å². The number of amides is 2. The number of benzene rings is 2. The molecular weight excluding hydrogens is 438 g/mol. The first-order valence-electron chi connectivity index (χ1n) is 10.4. The first-order valence-corrected chi connectivity index (χ1v) is 11.2. The molecule has 1 aliphatic heterocycles. The summed E-state index contributed by atoms with van der Waals surface area (Å²) in [5, 5.41) is 1.89. The second-order valence-corrected chi connectivity index (χ2v) is 8.34. The minimum absolute atomic E-state index is 0.355. The van der Waals surface area contributed by atoms with E-state index in [1.54, 1.807) is 12.3 Å². The summed E-state index contributed by atoms with van der Waals surface area (Å²) in [6.07, 6.45) is 3.39. The number of carbonyl (C=O) groups excluding carboxylic acids is 2. The van der Waals surface area contributed by atoms with Gasteiger partial charge in [-0.15, -0.1) is 0 Å². The molecule has 8 heteroatoms. The summed E-state index contributed by atoms with van der Waals surface area (Å²) in [5.41, 5.74) is 1.90. The molecule has 2 aromatic carbocycles. The molecule has 0 unspecified atom stereocenters. The fourth-order valence-electron chi connectivity index (χ4n) is 3.11. The Balaban J connectivity index is 1.26. The lowest BCUT2D eigenvalue weighted by molar-refractivity contribution is -0.115. The number of ether oxygens (including phenoxy) is 2. The van der Waals surface area contributed by atoms with Crippen molar-refractivity contribution in [1.82, 2.24) is 10.3 Å². The van der Waals surface area contributed by atoms with Crippen LogP contribution in [0.3, 0.4) is 0 Å². The number of nitrogens with one attached hydrogen (secondary N) is 1. The second-order valence-electron chi connectivity index (χ2n) is 7.32. The fourth-order valence-corrected chi connectivity index (χ4v) is 3.79. The van der Waals surface area contributed by atoms with E-state index < -0.39 is 0 Å². The second kappa shape index (κ2) is 10.7. The number of hydrogen-bond donors (Lipinski definition) is 1. The van der Waals surface area contributed by atoms with E-state index in [-0.39, 0.29) is 11.1 Å². The van der Waals surface area contributed by atoms with Gasteiger partial charge in [0.25, 0.3) is 11.1 Å². The maximum Gasteiger partial charge on any atom is 0.290 e. The van der Waals surface area contributed by atoms with E-state index in [4.69, 9.17) is 9.47 Å². The number of pyridine rings is 1. The molecule has 1 aromatic heterocycles. The predicted molar refractivity (Wildman–Crippen MR) is 129 cm³/mol. The zero-order valence-electron chi connectivity index (χ0n) is 18.1. The van der Waals surface area contributed by atoms with E-state index in [1.165, 1.54) is 0 Å². The third kappa shape index (κ3) is 6.36. The van der Waals surface area contributed by atoms with Crippen LogP contribution in [-0.2, 0) is 11.4 Å². The van der Waals surface area contributed by atoms with Crippen LogP contribution in [0.25, 0.3) is 6.08 Å². The summed E-state index contributed by atoms with van der Waals surface area (Å²) in [6, 6.07) is 21.2. The predicted octanol–water partition coefficient (Wildman–Crippen LogP) is 4.50. The van der Waals surface area contributed by atoms with Gasteiger partial charge < -0.3 is 14.4 Å². The van der Waals surface area contributed by atoms with E-state index in [0.717, 1.165) is 28.7 Å². The molecule has 0 spiro atoms. The van der Waals surface area contributed by atoms with Crippen LogP contribution in [0.1, 0.15) is 11.1 Å². The topological polar surface area (TPSA) is 80.8 Å². The monoisotopic (exact) mass is 461 g/mol. The van der Waals surface area contributed by atoms with E-state index >= 15 is 0 Å². The van der Waals surface area contributed by atoms with Crippen LogP contribution in [0.4, 0.5) is 10.6 Å². The van der Waals surface area contributed by atoms with Crippen LogP contribution in [-0.4, -0.2) is 36.3 Å². The van der Waals surface area contributed by atoms with E-state index in [2.05, 4.69) is 10.3 Å². The molecule has 0 aliphatic carbocycles. The lowest BCUT2D eigenvalue weighted by atomic mass is 10.2. The van der Waals surface area contributed by atoms with Crippen LogP contribution in [0.2, 0.25) is 0 Å². The zero-order chi connectivity index (χ0) is 23.0. The largest absolute Gasteiger partial charge is 0.492 e. The first-order chi connectivity index (χ1) is 16.1. The molecule has 2 amide bonds. The number of nitrogens with zero attached hydrogens (tertiary/aromatic N) is 2. The quantitative estimate of drug-likeness (QED) is 0.470. The lowest BCUT2D eigenvalue weighted by Gasteiger charge is -2.18. The van der Waals surface area contributed by atoms with Crippen molar-refractivity contribution in [3.63, 3.8) is 0 Å². The van der Waals surface area contributed by atoms with Crippen molar-refractivity contribution < 1.29 is 19.1 Å². The fraction of sp³-hybridized carbons (Fsp3) is 0.160. The van der Waals surface area contributed by atoms with Crippen molar-refractivity contribution in [3.05, 3.63) is 89.0 Å². The Morgan fingerprint density at radius 2 is 1.85 bits per heavy atom. The van der Waals surface area contributed by atoms with Gasteiger partial charge in [-0.25, -0.2) is 4.98 Å². The first kappa shape index (κ1) is 22.4. The molecule has 1 aliphatic rings. The van der Waals surface area contributed by atoms with Crippen molar-refractivity contribution in [1.29, 1.82) is 0 Å². The third-order valence-corrected chi connectivity index (χ3v) is 5.66. The van der Waals surface area contributed by atoms with Crippen LogP contribution >= 0.6 is 11.8 Å². The van der Waals surface area contributed by atoms with Gasteiger partial charge in [-0.05, 0) is 53.2 Å². The number of anilines is 1. The Bertz CT molecular complexity index is 1150. The van der Waals surface area contributed by atoms with Crippen LogP contribution in [0, 0.1) is 0 Å². The average molecular weight is 462 g/mol. The molecule has 0 bridgehead atoms.